The summed E-state index contributed by atoms with van der Waals surface area (Å²) in [6.07, 6.45) is 1.87. The van der Waals surface area contributed by atoms with Crippen LogP contribution in [0.2, 0.25) is 0 Å². The summed E-state index contributed by atoms with van der Waals surface area (Å²) in [7, 11) is 1.66. The number of hydrogen-bond donors (Lipinski definition) is 3. The van der Waals surface area contributed by atoms with Crippen LogP contribution in [-0.4, -0.2) is 42.5 Å². The van der Waals surface area contributed by atoms with E-state index in [1.54, 1.807) is 7.11 Å². The van der Waals surface area contributed by atoms with Crippen LogP contribution in [-0.2, 0) is 4.74 Å². The number of amides is 2. The standard InChI is InChI=1S/C13H28N2O3/c1-6-7-11(16)9-14-12(17)15-10(2)8-13(3,4)18-5/h10-11,16H,6-9H2,1-5H3,(H2,14,15,17). The first-order chi connectivity index (χ1) is 8.30. The fraction of sp³-hybridized carbons (Fsp3) is 0.923. The van der Waals surface area contributed by atoms with Gasteiger partial charge in [0.25, 0.3) is 0 Å². The number of rotatable bonds is 8. The van der Waals surface area contributed by atoms with Crippen LogP contribution in [0.5, 0.6) is 0 Å². The van der Waals surface area contributed by atoms with E-state index in [1.165, 1.54) is 0 Å². The van der Waals surface area contributed by atoms with Gasteiger partial charge in [-0.3, -0.25) is 0 Å². The van der Waals surface area contributed by atoms with Gasteiger partial charge in [-0.1, -0.05) is 13.3 Å². The average molecular weight is 260 g/mol. The molecular formula is C13H28N2O3. The number of aliphatic hydroxyl groups is 1. The van der Waals surface area contributed by atoms with Crippen LogP contribution in [0.25, 0.3) is 0 Å². The lowest BCUT2D eigenvalue weighted by atomic mass is 10.00. The van der Waals surface area contributed by atoms with Crippen LogP contribution in [0.4, 0.5) is 4.79 Å². The second-order valence-corrected chi connectivity index (χ2v) is 5.37. The largest absolute Gasteiger partial charge is 0.391 e. The van der Waals surface area contributed by atoms with E-state index < -0.39 is 6.10 Å². The Bertz CT molecular complexity index is 244. The first-order valence-corrected chi connectivity index (χ1v) is 6.58. The van der Waals surface area contributed by atoms with Crippen molar-refractivity contribution in [3.63, 3.8) is 0 Å². The Kier molecular flexibility index (Phi) is 7.95. The van der Waals surface area contributed by atoms with E-state index in [2.05, 4.69) is 10.6 Å². The minimum atomic E-state index is -0.466. The Morgan fingerprint density at radius 3 is 2.56 bits per heavy atom. The molecular weight excluding hydrogens is 232 g/mol. The van der Waals surface area contributed by atoms with Crippen molar-refractivity contribution >= 4 is 6.03 Å². The molecule has 0 saturated carbocycles. The number of hydrogen-bond acceptors (Lipinski definition) is 3. The highest BCUT2D eigenvalue weighted by Crippen LogP contribution is 2.15. The van der Waals surface area contributed by atoms with E-state index in [0.29, 0.717) is 13.0 Å². The Hall–Kier alpha value is -0.810. The number of carbonyl (C=O) groups excluding carboxylic acids is 1. The van der Waals surface area contributed by atoms with Gasteiger partial charge in [-0.2, -0.15) is 0 Å². The van der Waals surface area contributed by atoms with Gasteiger partial charge in [0.2, 0.25) is 0 Å². The van der Waals surface area contributed by atoms with Crippen molar-refractivity contribution in [3.8, 4) is 0 Å². The van der Waals surface area contributed by atoms with Gasteiger partial charge in [-0.25, -0.2) is 4.79 Å². The molecule has 0 bridgehead atoms. The number of nitrogens with one attached hydrogen (secondary N) is 2. The second-order valence-electron chi connectivity index (χ2n) is 5.37. The summed E-state index contributed by atoms with van der Waals surface area (Å²) < 4.78 is 5.31. The molecule has 0 aliphatic heterocycles. The summed E-state index contributed by atoms with van der Waals surface area (Å²) in [5.41, 5.74) is -0.256. The van der Waals surface area contributed by atoms with Gasteiger partial charge in [0.15, 0.2) is 0 Å². The van der Waals surface area contributed by atoms with Crippen molar-refractivity contribution in [2.75, 3.05) is 13.7 Å². The van der Waals surface area contributed by atoms with Crippen molar-refractivity contribution in [2.45, 2.75) is 64.7 Å². The molecule has 0 aliphatic rings. The summed E-state index contributed by atoms with van der Waals surface area (Å²) in [5, 5.41) is 15.0. The van der Waals surface area contributed by atoms with Crippen molar-refractivity contribution in [2.24, 2.45) is 0 Å². The highest BCUT2D eigenvalue weighted by molar-refractivity contribution is 5.74. The molecule has 2 unspecified atom stereocenters. The summed E-state index contributed by atoms with van der Waals surface area (Å²) in [6.45, 7) is 8.18. The predicted molar refractivity (Wildman–Crippen MR) is 72.6 cm³/mol. The molecule has 0 aliphatic carbocycles. The Labute approximate surface area is 110 Å². The van der Waals surface area contributed by atoms with Gasteiger partial charge in [0.1, 0.15) is 0 Å². The summed E-state index contributed by atoms with van der Waals surface area (Å²) in [5.74, 6) is 0. The zero-order valence-corrected chi connectivity index (χ0v) is 12.2. The minimum Gasteiger partial charge on any atom is -0.391 e. The van der Waals surface area contributed by atoms with E-state index in [4.69, 9.17) is 4.74 Å². The normalized spacial score (nSPS) is 15.0. The molecule has 0 aromatic rings. The quantitative estimate of drug-likeness (QED) is 0.621. The lowest BCUT2D eigenvalue weighted by Crippen LogP contribution is -2.45. The molecule has 0 saturated heterocycles. The lowest BCUT2D eigenvalue weighted by Gasteiger charge is -2.27. The number of carbonyl (C=O) groups is 1. The maximum Gasteiger partial charge on any atom is 0.315 e. The van der Waals surface area contributed by atoms with Crippen molar-refractivity contribution in [1.82, 2.24) is 10.6 Å². The number of aliphatic hydroxyl groups excluding tert-OH is 1. The molecule has 5 heteroatoms. The number of ether oxygens (including phenoxy) is 1. The monoisotopic (exact) mass is 260 g/mol. The molecule has 0 spiro atoms. The van der Waals surface area contributed by atoms with Gasteiger partial charge in [0.05, 0.1) is 11.7 Å². The third-order valence-electron chi connectivity index (χ3n) is 2.85. The molecule has 0 fully saturated rings. The third-order valence-corrected chi connectivity index (χ3v) is 2.85. The Morgan fingerprint density at radius 2 is 2.06 bits per heavy atom. The van der Waals surface area contributed by atoms with Crippen molar-refractivity contribution in [3.05, 3.63) is 0 Å². The molecule has 3 N–H and O–H groups in total. The molecule has 18 heavy (non-hydrogen) atoms. The molecule has 0 heterocycles. The van der Waals surface area contributed by atoms with E-state index in [9.17, 15) is 9.90 Å². The van der Waals surface area contributed by atoms with E-state index in [1.807, 2.05) is 27.7 Å². The van der Waals surface area contributed by atoms with Crippen LogP contribution in [0, 0.1) is 0 Å². The zero-order chi connectivity index (χ0) is 14.2. The molecule has 108 valence electrons. The highest BCUT2D eigenvalue weighted by Gasteiger charge is 2.21. The number of urea groups is 1. The first-order valence-electron chi connectivity index (χ1n) is 6.58. The summed E-state index contributed by atoms with van der Waals surface area (Å²) >= 11 is 0. The topological polar surface area (TPSA) is 70.6 Å². The Balaban J connectivity index is 3.87. The van der Waals surface area contributed by atoms with Crippen LogP contribution < -0.4 is 10.6 Å². The van der Waals surface area contributed by atoms with Crippen LogP contribution in [0.15, 0.2) is 0 Å². The van der Waals surface area contributed by atoms with Gasteiger partial charge in [-0.05, 0) is 33.6 Å². The molecule has 2 amide bonds. The second kappa shape index (κ2) is 8.32. The third kappa shape index (κ3) is 8.31. The van der Waals surface area contributed by atoms with Crippen LogP contribution in [0.3, 0.4) is 0 Å². The van der Waals surface area contributed by atoms with E-state index in [0.717, 1.165) is 12.8 Å². The minimum absolute atomic E-state index is 0.0169. The van der Waals surface area contributed by atoms with Gasteiger partial charge < -0.3 is 20.5 Å². The first kappa shape index (κ1) is 17.2. The van der Waals surface area contributed by atoms with Crippen LogP contribution >= 0.6 is 0 Å². The zero-order valence-electron chi connectivity index (χ0n) is 12.2. The van der Waals surface area contributed by atoms with Crippen molar-refractivity contribution in [1.29, 1.82) is 0 Å². The molecule has 0 aromatic heterocycles. The summed E-state index contributed by atoms with van der Waals surface area (Å²) in [4.78, 5) is 11.6. The summed E-state index contributed by atoms with van der Waals surface area (Å²) in [6, 6.07) is -0.229. The fourth-order valence-corrected chi connectivity index (χ4v) is 1.79. The Morgan fingerprint density at radius 1 is 1.44 bits per heavy atom. The van der Waals surface area contributed by atoms with Gasteiger partial charge >= 0.3 is 6.03 Å². The lowest BCUT2D eigenvalue weighted by molar-refractivity contribution is 0.00946. The van der Waals surface area contributed by atoms with E-state index in [-0.39, 0.29) is 17.7 Å². The smallest absolute Gasteiger partial charge is 0.315 e. The molecule has 0 aromatic carbocycles. The predicted octanol–water partition coefficient (Wildman–Crippen LogP) is 1.65. The van der Waals surface area contributed by atoms with Crippen LogP contribution in [0.1, 0.15) is 47.0 Å². The number of methoxy groups -OCH3 is 1. The molecule has 5 nitrogen and oxygen atoms in total. The van der Waals surface area contributed by atoms with Crippen molar-refractivity contribution < 1.29 is 14.6 Å². The van der Waals surface area contributed by atoms with E-state index >= 15 is 0 Å². The maximum atomic E-state index is 11.6. The van der Waals surface area contributed by atoms with Gasteiger partial charge in [0, 0.05) is 19.7 Å². The average Bonchev–Trinajstić information content (AvgIpc) is 2.26. The maximum absolute atomic E-state index is 11.6. The van der Waals surface area contributed by atoms with Gasteiger partial charge in [-0.15, -0.1) is 0 Å². The highest BCUT2D eigenvalue weighted by atomic mass is 16.5. The molecule has 0 radical (unpaired) electrons. The fourth-order valence-electron chi connectivity index (χ4n) is 1.79. The molecule has 2 atom stereocenters. The molecule has 0 rings (SSSR count). The SMILES string of the molecule is CCCC(O)CNC(=O)NC(C)CC(C)(C)OC.